The first-order valence-corrected chi connectivity index (χ1v) is 9.29. The van der Waals surface area contributed by atoms with Crippen molar-refractivity contribution in [2.24, 2.45) is 0 Å². The van der Waals surface area contributed by atoms with Crippen LogP contribution in [0.5, 0.6) is 0 Å². The van der Waals surface area contributed by atoms with Crippen molar-refractivity contribution < 1.29 is 9.90 Å². The summed E-state index contributed by atoms with van der Waals surface area (Å²) in [5.41, 5.74) is 2.76. The van der Waals surface area contributed by atoms with Crippen LogP contribution in [0, 0.1) is 0 Å². The molecule has 3 aromatic carbocycles. The third-order valence-electron chi connectivity index (χ3n) is 4.62. The number of carbonyl (C=O) groups is 1. The number of nitrogens with one attached hydrogen (secondary N) is 2. The summed E-state index contributed by atoms with van der Waals surface area (Å²) in [6.07, 6.45) is 0. The van der Waals surface area contributed by atoms with Gasteiger partial charge in [-0.3, -0.25) is 0 Å². The number of benzene rings is 3. The lowest BCUT2D eigenvalue weighted by atomic mass is 10.1. The van der Waals surface area contributed by atoms with Crippen molar-refractivity contribution in [1.29, 1.82) is 0 Å². The van der Waals surface area contributed by atoms with Crippen LogP contribution in [-0.2, 0) is 0 Å². The van der Waals surface area contributed by atoms with E-state index in [0.717, 1.165) is 16.5 Å². The van der Waals surface area contributed by atoms with Crippen LogP contribution in [0.1, 0.15) is 28.9 Å². The van der Waals surface area contributed by atoms with Gasteiger partial charge in [-0.15, -0.1) is 0 Å². The zero-order valence-corrected chi connectivity index (χ0v) is 15.8. The normalized spacial score (nSPS) is 11.8. The van der Waals surface area contributed by atoms with Crippen LogP contribution in [0.2, 0.25) is 0 Å². The highest BCUT2D eigenvalue weighted by Crippen LogP contribution is 2.27. The summed E-state index contributed by atoms with van der Waals surface area (Å²) < 4.78 is 0. The maximum atomic E-state index is 11.2. The van der Waals surface area contributed by atoms with Gasteiger partial charge in [0, 0.05) is 17.1 Å². The lowest BCUT2D eigenvalue weighted by molar-refractivity contribution is 0.0697. The number of hydrogen-bond donors (Lipinski definition) is 3. The Morgan fingerprint density at radius 1 is 0.931 bits per heavy atom. The van der Waals surface area contributed by atoms with E-state index in [2.05, 4.69) is 39.7 Å². The Labute approximate surface area is 168 Å². The maximum Gasteiger partial charge on any atom is 0.335 e. The molecule has 4 rings (SSSR count). The lowest BCUT2D eigenvalue weighted by Crippen LogP contribution is -2.10. The molecule has 0 aliphatic heterocycles. The fourth-order valence-electron chi connectivity index (χ4n) is 3.13. The predicted molar refractivity (Wildman–Crippen MR) is 115 cm³/mol. The molecule has 1 atom stereocenters. The second-order valence-corrected chi connectivity index (χ2v) is 6.70. The minimum absolute atomic E-state index is 0.0534. The summed E-state index contributed by atoms with van der Waals surface area (Å²) in [4.78, 5) is 20.5. The molecule has 1 aromatic heterocycles. The minimum Gasteiger partial charge on any atom is -0.478 e. The summed E-state index contributed by atoms with van der Waals surface area (Å²) in [5.74, 6) is 0.130. The van der Waals surface area contributed by atoms with E-state index in [1.807, 2.05) is 42.5 Å². The number of aromatic carboxylic acids is 1. The Morgan fingerprint density at radius 2 is 1.69 bits per heavy atom. The van der Waals surface area contributed by atoms with Crippen LogP contribution in [0.4, 0.5) is 17.5 Å². The van der Waals surface area contributed by atoms with Gasteiger partial charge in [0.15, 0.2) is 0 Å². The third kappa shape index (κ3) is 4.16. The first kappa shape index (κ1) is 18.4. The highest BCUT2D eigenvalue weighted by Gasteiger charge is 2.12. The summed E-state index contributed by atoms with van der Waals surface area (Å²) in [6, 6.07) is 24.5. The molecular weight excluding hydrogens is 364 g/mol. The molecule has 1 unspecified atom stereocenters. The van der Waals surface area contributed by atoms with Crippen molar-refractivity contribution in [3.05, 3.63) is 90.0 Å². The number of para-hydroxylation sites is 1. The van der Waals surface area contributed by atoms with Gasteiger partial charge in [0.2, 0.25) is 5.95 Å². The molecule has 29 heavy (non-hydrogen) atoms. The van der Waals surface area contributed by atoms with Crippen molar-refractivity contribution >= 4 is 34.3 Å². The largest absolute Gasteiger partial charge is 0.478 e. The number of fused-ring (bicyclic) bond motifs is 1. The number of aromatic nitrogens is 2. The molecule has 6 heteroatoms. The second kappa shape index (κ2) is 7.98. The van der Waals surface area contributed by atoms with E-state index in [4.69, 9.17) is 0 Å². The molecule has 0 aliphatic rings. The van der Waals surface area contributed by atoms with E-state index in [1.54, 1.807) is 24.3 Å². The van der Waals surface area contributed by atoms with E-state index in [-0.39, 0.29) is 11.6 Å². The molecule has 0 amide bonds. The molecule has 0 bridgehead atoms. The summed E-state index contributed by atoms with van der Waals surface area (Å²) in [6.45, 7) is 2.08. The van der Waals surface area contributed by atoms with Gasteiger partial charge in [-0.25, -0.2) is 9.78 Å². The molecule has 0 spiro atoms. The standard InChI is InChI=1S/C23H20N4O2/c1-15(16-8-3-2-4-9-16)24-21-19-12-5-6-13-20(19)26-23(27-21)25-18-11-7-10-17(14-18)22(28)29/h2-15H,1H3,(H,28,29)(H2,24,25,26,27). The summed E-state index contributed by atoms with van der Waals surface area (Å²) in [7, 11) is 0. The summed E-state index contributed by atoms with van der Waals surface area (Å²) >= 11 is 0. The van der Waals surface area contributed by atoms with Crippen molar-refractivity contribution in [2.45, 2.75) is 13.0 Å². The van der Waals surface area contributed by atoms with Gasteiger partial charge in [-0.2, -0.15) is 4.98 Å². The van der Waals surface area contributed by atoms with Gasteiger partial charge in [0.05, 0.1) is 11.1 Å². The summed E-state index contributed by atoms with van der Waals surface area (Å²) in [5, 5.41) is 16.7. The average Bonchev–Trinajstić information content (AvgIpc) is 2.74. The number of carboxylic acid groups (broad SMARTS) is 1. The van der Waals surface area contributed by atoms with Crippen molar-refractivity contribution in [1.82, 2.24) is 9.97 Å². The topological polar surface area (TPSA) is 87.1 Å². The second-order valence-electron chi connectivity index (χ2n) is 6.70. The molecule has 0 aliphatic carbocycles. The van der Waals surface area contributed by atoms with Gasteiger partial charge in [-0.05, 0) is 42.8 Å². The van der Waals surface area contributed by atoms with Crippen molar-refractivity contribution in [3.8, 4) is 0 Å². The number of hydrogen-bond acceptors (Lipinski definition) is 5. The van der Waals surface area contributed by atoms with Crippen molar-refractivity contribution in [2.75, 3.05) is 10.6 Å². The quantitative estimate of drug-likeness (QED) is 0.421. The molecule has 4 aromatic rings. The third-order valence-corrected chi connectivity index (χ3v) is 4.62. The van der Waals surface area contributed by atoms with Crippen LogP contribution < -0.4 is 10.6 Å². The molecule has 0 fully saturated rings. The Balaban J connectivity index is 1.69. The number of carboxylic acids is 1. The van der Waals surface area contributed by atoms with Crippen LogP contribution in [0.3, 0.4) is 0 Å². The Morgan fingerprint density at radius 3 is 2.48 bits per heavy atom. The number of rotatable bonds is 6. The monoisotopic (exact) mass is 384 g/mol. The zero-order valence-electron chi connectivity index (χ0n) is 15.8. The van der Waals surface area contributed by atoms with Gasteiger partial charge in [-0.1, -0.05) is 48.5 Å². The van der Waals surface area contributed by atoms with Crippen LogP contribution in [-0.4, -0.2) is 21.0 Å². The van der Waals surface area contributed by atoms with Crippen LogP contribution >= 0.6 is 0 Å². The Kier molecular flexibility index (Phi) is 5.07. The SMILES string of the molecule is CC(Nc1nc(Nc2cccc(C(=O)O)c2)nc2ccccc12)c1ccccc1. The van der Waals surface area contributed by atoms with E-state index < -0.39 is 5.97 Å². The van der Waals surface area contributed by atoms with Crippen LogP contribution in [0.25, 0.3) is 10.9 Å². The molecule has 144 valence electrons. The van der Waals surface area contributed by atoms with E-state index in [0.29, 0.717) is 17.5 Å². The van der Waals surface area contributed by atoms with Crippen LogP contribution in [0.15, 0.2) is 78.9 Å². The van der Waals surface area contributed by atoms with Gasteiger partial charge >= 0.3 is 5.97 Å². The first-order chi connectivity index (χ1) is 14.1. The molecule has 0 saturated heterocycles. The molecular formula is C23H20N4O2. The highest BCUT2D eigenvalue weighted by molar-refractivity contribution is 5.91. The van der Waals surface area contributed by atoms with E-state index in [1.165, 1.54) is 0 Å². The zero-order chi connectivity index (χ0) is 20.2. The van der Waals surface area contributed by atoms with Gasteiger partial charge in [0.25, 0.3) is 0 Å². The van der Waals surface area contributed by atoms with Gasteiger partial charge in [0.1, 0.15) is 5.82 Å². The average molecular weight is 384 g/mol. The molecule has 1 heterocycles. The van der Waals surface area contributed by atoms with Gasteiger partial charge < -0.3 is 15.7 Å². The van der Waals surface area contributed by atoms with E-state index >= 15 is 0 Å². The fraction of sp³-hybridized carbons (Fsp3) is 0.0870. The molecule has 0 saturated carbocycles. The molecule has 3 N–H and O–H groups in total. The Hall–Kier alpha value is -3.93. The Bertz CT molecular complexity index is 1160. The molecule has 6 nitrogen and oxygen atoms in total. The minimum atomic E-state index is -0.980. The fourth-order valence-corrected chi connectivity index (χ4v) is 3.13. The molecule has 0 radical (unpaired) electrons. The lowest BCUT2D eigenvalue weighted by Gasteiger charge is -2.17. The first-order valence-electron chi connectivity index (χ1n) is 9.29. The predicted octanol–water partition coefficient (Wildman–Crippen LogP) is 5.24. The smallest absolute Gasteiger partial charge is 0.335 e. The van der Waals surface area contributed by atoms with Crippen molar-refractivity contribution in [3.63, 3.8) is 0 Å². The number of nitrogens with zero attached hydrogens (tertiary/aromatic N) is 2. The highest BCUT2D eigenvalue weighted by atomic mass is 16.4. The van der Waals surface area contributed by atoms with E-state index in [9.17, 15) is 9.90 Å². The number of anilines is 3. The maximum absolute atomic E-state index is 11.2.